The van der Waals surface area contributed by atoms with E-state index in [0.717, 1.165) is 25.9 Å². The average Bonchev–Trinajstić information content (AvgIpc) is 2.58. The minimum Gasteiger partial charge on any atom is -0.343 e. The van der Waals surface area contributed by atoms with Crippen LogP contribution in [0.2, 0.25) is 0 Å². The van der Waals surface area contributed by atoms with Gasteiger partial charge >= 0.3 is 6.03 Å². The van der Waals surface area contributed by atoms with Crippen LogP contribution in [0.4, 0.5) is 4.79 Å². The Labute approximate surface area is 83.8 Å². The van der Waals surface area contributed by atoms with Crippen molar-refractivity contribution in [1.82, 2.24) is 15.5 Å². The zero-order valence-corrected chi connectivity index (χ0v) is 8.51. The summed E-state index contributed by atoms with van der Waals surface area (Å²) in [6.07, 6.45) is 2.48. The predicted octanol–water partition coefficient (Wildman–Crippen LogP) is -0.0721. The van der Waals surface area contributed by atoms with E-state index in [0.29, 0.717) is 13.0 Å². The van der Waals surface area contributed by atoms with Gasteiger partial charge in [0.25, 0.3) is 0 Å². The largest absolute Gasteiger partial charge is 0.343 e. The van der Waals surface area contributed by atoms with Crippen LogP contribution in [0.15, 0.2) is 0 Å². The van der Waals surface area contributed by atoms with Crippen molar-refractivity contribution in [2.75, 3.05) is 26.7 Å². The first-order chi connectivity index (χ1) is 6.74. The van der Waals surface area contributed by atoms with Crippen LogP contribution in [-0.2, 0) is 4.79 Å². The first kappa shape index (κ1) is 10.8. The molecule has 14 heavy (non-hydrogen) atoms. The molecule has 1 aliphatic heterocycles. The van der Waals surface area contributed by atoms with Gasteiger partial charge in [-0.15, -0.1) is 0 Å². The first-order valence-corrected chi connectivity index (χ1v) is 4.97. The van der Waals surface area contributed by atoms with Crippen molar-refractivity contribution in [3.63, 3.8) is 0 Å². The van der Waals surface area contributed by atoms with E-state index in [1.165, 1.54) is 0 Å². The topological polar surface area (TPSA) is 61.4 Å². The number of amides is 3. The van der Waals surface area contributed by atoms with Crippen LogP contribution in [0.25, 0.3) is 0 Å². The van der Waals surface area contributed by atoms with Gasteiger partial charge in [-0.05, 0) is 12.8 Å². The SMILES string of the molecule is CNC(=O)NCCCN1CCCC1=O. The zero-order chi connectivity index (χ0) is 10.4. The van der Waals surface area contributed by atoms with Crippen molar-refractivity contribution in [1.29, 1.82) is 0 Å². The Hall–Kier alpha value is -1.26. The quantitative estimate of drug-likeness (QED) is 0.622. The highest BCUT2D eigenvalue weighted by Gasteiger charge is 2.18. The third-order valence-electron chi connectivity index (χ3n) is 2.29. The van der Waals surface area contributed by atoms with Crippen LogP contribution in [0.5, 0.6) is 0 Å². The van der Waals surface area contributed by atoms with E-state index in [2.05, 4.69) is 10.6 Å². The minimum atomic E-state index is -0.169. The molecule has 1 rings (SSSR count). The molecular weight excluding hydrogens is 182 g/mol. The van der Waals surface area contributed by atoms with Crippen LogP contribution < -0.4 is 10.6 Å². The van der Waals surface area contributed by atoms with E-state index in [1.54, 1.807) is 7.05 Å². The first-order valence-electron chi connectivity index (χ1n) is 4.97. The highest BCUT2D eigenvalue weighted by atomic mass is 16.2. The molecule has 1 aliphatic rings. The summed E-state index contributed by atoms with van der Waals surface area (Å²) in [7, 11) is 1.58. The monoisotopic (exact) mass is 199 g/mol. The maximum Gasteiger partial charge on any atom is 0.314 e. The average molecular weight is 199 g/mol. The Morgan fingerprint density at radius 3 is 2.93 bits per heavy atom. The summed E-state index contributed by atoms with van der Waals surface area (Å²) in [5.41, 5.74) is 0. The second-order valence-corrected chi connectivity index (χ2v) is 3.34. The molecule has 1 fully saturated rings. The fourth-order valence-electron chi connectivity index (χ4n) is 1.50. The lowest BCUT2D eigenvalue weighted by Crippen LogP contribution is -2.35. The van der Waals surface area contributed by atoms with Crippen molar-refractivity contribution in [3.8, 4) is 0 Å². The van der Waals surface area contributed by atoms with E-state index in [4.69, 9.17) is 0 Å². The molecule has 1 heterocycles. The van der Waals surface area contributed by atoms with Gasteiger partial charge in [-0.1, -0.05) is 0 Å². The highest BCUT2D eigenvalue weighted by Crippen LogP contribution is 2.09. The molecule has 3 amide bonds. The molecule has 5 heteroatoms. The lowest BCUT2D eigenvalue weighted by Gasteiger charge is -2.15. The van der Waals surface area contributed by atoms with Gasteiger partial charge in [0.2, 0.25) is 5.91 Å². The maximum absolute atomic E-state index is 11.2. The third kappa shape index (κ3) is 3.24. The number of hydrogen-bond donors (Lipinski definition) is 2. The Morgan fingerprint density at radius 1 is 1.57 bits per heavy atom. The molecule has 0 spiro atoms. The molecule has 0 radical (unpaired) electrons. The van der Waals surface area contributed by atoms with Crippen molar-refractivity contribution < 1.29 is 9.59 Å². The fourth-order valence-corrected chi connectivity index (χ4v) is 1.50. The normalized spacial score (nSPS) is 15.8. The molecule has 2 N–H and O–H groups in total. The van der Waals surface area contributed by atoms with E-state index >= 15 is 0 Å². The number of urea groups is 1. The van der Waals surface area contributed by atoms with Crippen LogP contribution in [0.1, 0.15) is 19.3 Å². The van der Waals surface area contributed by atoms with E-state index < -0.39 is 0 Å². The third-order valence-corrected chi connectivity index (χ3v) is 2.29. The van der Waals surface area contributed by atoms with Gasteiger partial charge in [-0.2, -0.15) is 0 Å². The van der Waals surface area contributed by atoms with Crippen molar-refractivity contribution in [2.24, 2.45) is 0 Å². The van der Waals surface area contributed by atoms with Crippen molar-refractivity contribution in [2.45, 2.75) is 19.3 Å². The summed E-state index contributed by atoms with van der Waals surface area (Å²) in [6.45, 7) is 2.24. The number of carbonyl (C=O) groups is 2. The summed E-state index contributed by atoms with van der Waals surface area (Å²) < 4.78 is 0. The fraction of sp³-hybridized carbons (Fsp3) is 0.778. The summed E-state index contributed by atoms with van der Waals surface area (Å²) in [4.78, 5) is 23.8. The lowest BCUT2D eigenvalue weighted by atomic mass is 10.4. The second-order valence-electron chi connectivity index (χ2n) is 3.34. The Kier molecular flexibility index (Phi) is 4.22. The Bertz CT molecular complexity index is 218. The summed E-state index contributed by atoms with van der Waals surface area (Å²) in [5, 5.41) is 5.15. The molecule has 0 saturated carbocycles. The van der Waals surface area contributed by atoms with Gasteiger partial charge < -0.3 is 15.5 Å². The lowest BCUT2D eigenvalue weighted by molar-refractivity contribution is -0.127. The molecular formula is C9H17N3O2. The molecule has 0 atom stereocenters. The van der Waals surface area contributed by atoms with Gasteiger partial charge in [0.1, 0.15) is 0 Å². The predicted molar refractivity (Wildman–Crippen MR) is 52.9 cm³/mol. The van der Waals surface area contributed by atoms with E-state index in [1.807, 2.05) is 4.90 Å². The molecule has 0 aromatic carbocycles. The van der Waals surface area contributed by atoms with Gasteiger partial charge in [0.05, 0.1) is 0 Å². The van der Waals surface area contributed by atoms with Crippen LogP contribution in [0, 0.1) is 0 Å². The van der Waals surface area contributed by atoms with Gasteiger partial charge in [-0.3, -0.25) is 4.79 Å². The van der Waals surface area contributed by atoms with Crippen LogP contribution in [0.3, 0.4) is 0 Å². The number of carbonyl (C=O) groups excluding carboxylic acids is 2. The zero-order valence-electron chi connectivity index (χ0n) is 8.51. The number of likely N-dealkylation sites (tertiary alicyclic amines) is 1. The summed E-state index contributed by atoms with van der Waals surface area (Å²) in [5.74, 6) is 0.241. The number of hydrogen-bond acceptors (Lipinski definition) is 2. The van der Waals surface area contributed by atoms with Crippen molar-refractivity contribution >= 4 is 11.9 Å². The van der Waals surface area contributed by atoms with Gasteiger partial charge in [0.15, 0.2) is 0 Å². The smallest absolute Gasteiger partial charge is 0.314 e. The number of nitrogens with one attached hydrogen (secondary N) is 2. The summed E-state index contributed by atoms with van der Waals surface area (Å²) in [6, 6.07) is -0.169. The Morgan fingerprint density at radius 2 is 2.36 bits per heavy atom. The Balaban J connectivity index is 2.03. The molecule has 5 nitrogen and oxygen atoms in total. The molecule has 0 aromatic rings. The minimum absolute atomic E-state index is 0.169. The number of nitrogens with zero attached hydrogens (tertiary/aromatic N) is 1. The molecule has 0 aromatic heterocycles. The summed E-state index contributed by atoms with van der Waals surface area (Å²) >= 11 is 0. The molecule has 0 unspecified atom stereocenters. The van der Waals surface area contributed by atoms with Crippen molar-refractivity contribution in [3.05, 3.63) is 0 Å². The standard InChI is InChI=1S/C9H17N3O2/c1-10-9(14)11-5-3-7-12-6-2-4-8(12)13/h2-7H2,1H3,(H2,10,11,14). The van der Waals surface area contributed by atoms with E-state index in [-0.39, 0.29) is 11.9 Å². The maximum atomic E-state index is 11.2. The van der Waals surface area contributed by atoms with E-state index in [9.17, 15) is 9.59 Å². The van der Waals surface area contributed by atoms with Gasteiger partial charge in [0, 0.05) is 33.1 Å². The van der Waals surface area contributed by atoms with Gasteiger partial charge in [-0.25, -0.2) is 4.79 Å². The molecule has 0 aliphatic carbocycles. The second kappa shape index (κ2) is 5.47. The molecule has 0 bridgehead atoms. The molecule has 80 valence electrons. The number of rotatable bonds is 4. The van der Waals surface area contributed by atoms with Crippen LogP contribution in [-0.4, -0.2) is 43.5 Å². The van der Waals surface area contributed by atoms with Crippen LogP contribution >= 0.6 is 0 Å². The molecule has 1 saturated heterocycles. The highest BCUT2D eigenvalue weighted by molar-refractivity contribution is 5.78.